The van der Waals surface area contributed by atoms with E-state index in [1.165, 1.54) is 17.3 Å². The molecule has 4 aromatic rings. The highest BCUT2D eigenvalue weighted by atomic mass is 35.5. The number of carbonyl (C=O) groups is 1. The van der Waals surface area contributed by atoms with Gasteiger partial charge in [-0.15, -0.1) is 0 Å². The van der Waals surface area contributed by atoms with Gasteiger partial charge in [0, 0.05) is 5.02 Å². The lowest BCUT2D eigenvalue weighted by Crippen LogP contribution is -2.20. The minimum absolute atomic E-state index is 0.182. The van der Waals surface area contributed by atoms with E-state index < -0.39 is 0 Å². The van der Waals surface area contributed by atoms with Crippen molar-refractivity contribution in [3.05, 3.63) is 94.5 Å². The van der Waals surface area contributed by atoms with Gasteiger partial charge in [0.1, 0.15) is 0 Å². The Kier molecular flexibility index (Phi) is 6.70. The summed E-state index contributed by atoms with van der Waals surface area (Å²) in [4.78, 5) is 17.0. The predicted molar refractivity (Wildman–Crippen MR) is 128 cm³/mol. The summed E-state index contributed by atoms with van der Waals surface area (Å²) in [6.07, 6.45) is 1.64. The first-order chi connectivity index (χ1) is 15.1. The van der Waals surface area contributed by atoms with Crippen molar-refractivity contribution >= 4 is 46.5 Å². The zero-order chi connectivity index (χ0) is 21.6. The van der Waals surface area contributed by atoms with E-state index in [-0.39, 0.29) is 11.7 Å². The number of para-hydroxylation sites is 2. The van der Waals surface area contributed by atoms with Crippen LogP contribution in [0.3, 0.4) is 0 Å². The molecule has 0 unspecified atom stereocenters. The predicted octanol–water partition coefficient (Wildman–Crippen LogP) is 5.29. The molecule has 0 aliphatic rings. The van der Waals surface area contributed by atoms with Crippen LogP contribution < -0.4 is 5.43 Å². The number of benzene rings is 3. The molecule has 3 aromatic carbocycles. The highest BCUT2D eigenvalue weighted by Crippen LogP contribution is 2.25. The van der Waals surface area contributed by atoms with Crippen molar-refractivity contribution in [1.29, 1.82) is 0 Å². The van der Waals surface area contributed by atoms with Gasteiger partial charge in [0.05, 0.1) is 29.5 Å². The Labute approximate surface area is 190 Å². The number of nitrogens with one attached hydrogen (secondary N) is 1. The average molecular weight is 449 g/mol. The summed E-state index contributed by atoms with van der Waals surface area (Å²) in [7, 11) is 0. The van der Waals surface area contributed by atoms with E-state index in [2.05, 4.69) is 15.1 Å². The number of fused-ring (bicyclic) bond motifs is 1. The van der Waals surface area contributed by atoms with Crippen molar-refractivity contribution < 1.29 is 4.79 Å². The number of thioether (sulfide) groups is 1. The number of amides is 1. The van der Waals surface area contributed by atoms with Gasteiger partial charge in [-0.1, -0.05) is 77.5 Å². The fourth-order valence-electron chi connectivity index (χ4n) is 3.08. The van der Waals surface area contributed by atoms with Crippen molar-refractivity contribution in [1.82, 2.24) is 15.0 Å². The van der Waals surface area contributed by atoms with Crippen LogP contribution >= 0.6 is 23.4 Å². The van der Waals surface area contributed by atoms with Crippen LogP contribution in [0.5, 0.6) is 0 Å². The zero-order valence-electron chi connectivity index (χ0n) is 17.0. The number of carbonyl (C=O) groups excluding carboxylic acids is 1. The molecule has 5 nitrogen and oxygen atoms in total. The maximum absolute atomic E-state index is 12.3. The van der Waals surface area contributed by atoms with Crippen LogP contribution in [0, 0.1) is 6.92 Å². The Morgan fingerprint density at radius 3 is 2.61 bits per heavy atom. The molecule has 31 heavy (non-hydrogen) atoms. The molecule has 1 N–H and O–H groups in total. The van der Waals surface area contributed by atoms with Crippen LogP contribution in [0.15, 0.2) is 83.1 Å². The summed E-state index contributed by atoms with van der Waals surface area (Å²) in [6, 6.07) is 23.6. The quantitative estimate of drug-likeness (QED) is 0.237. The van der Waals surface area contributed by atoms with Crippen LogP contribution in [0.1, 0.15) is 16.7 Å². The van der Waals surface area contributed by atoms with Gasteiger partial charge < -0.3 is 4.57 Å². The van der Waals surface area contributed by atoms with Crippen molar-refractivity contribution in [3.63, 3.8) is 0 Å². The Hall–Kier alpha value is -3.09. The number of hydrogen-bond acceptors (Lipinski definition) is 4. The number of hydrazone groups is 1. The molecule has 1 amide bonds. The van der Waals surface area contributed by atoms with Crippen molar-refractivity contribution in [3.8, 4) is 0 Å². The topological polar surface area (TPSA) is 59.3 Å². The van der Waals surface area contributed by atoms with Crippen LogP contribution in [0.25, 0.3) is 11.0 Å². The fourth-order valence-corrected chi connectivity index (χ4v) is 4.01. The summed E-state index contributed by atoms with van der Waals surface area (Å²) < 4.78 is 2.12. The Morgan fingerprint density at radius 1 is 1.10 bits per heavy atom. The number of nitrogens with zero attached hydrogens (tertiary/aromatic N) is 3. The van der Waals surface area contributed by atoms with E-state index >= 15 is 0 Å². The molecule has 1 heterocycles. The van der Waals surface area contributed by atoms with Gasteiger partial charge in [0.15, 0.2) is 5.16 Å². The number of imidazole rings is 1. The highest BCUT2D eigenvalue weighted by Gasteiger charge is 2.13. The minimum Gasteiger partial charge on any atom is -0.314 e. The molecule has 1 aromatic heterocycles. The molecular weight excluding hydrogens is 428 g/mol. The third kappa shape index (κ3) is 5.54. The third-order valence-electron chi connectivity index (χ3n) is 4.69. The van der Waals surface area contributed by atoms with Gasteiger partial charge in [0.2, 0.25) is 0 Å². The number of halogens is 1. The van der Waals surface area contributed by atoms with Crippen LogP contribution in [0.2, 0.25) is 5.02 Å². The Balaban J connectivity index is 1.44. The van der Waals surface area contributed by atoms with Gasteiger partial charge >= 0.3 is 0 Å². The first-order valence-electron chi connectivity index (χ1n) is 9.79. The van der Waals surface area contributed by atoms with E-state index in [9.17, 15) is 4.79 Å². The summed E-state index contributed by atoms with van der Waals surface area (Å²) in [5, 5.41) is 5.54. The van der Waals surface area contributed by atoms with E-state index in [1.54, 1.807) is 6.21 Å². The van der Waals surface area contributed by atoms with Crippen molar-refractivity contribution in [2.24, 2.45) is 5.10 Å². The molecule has 0 aliphatic carbocycles. The summed E-state index contributed by atoms with van der Waals surface area (Å²) in [5.74, 6) is 0.0355. The molecule has 0 atom stereocenters. The minimum atomic E-state index is -0.182. The molecule has 0 radical (unpaired) electrons. The molecule has 0 aliphatic heterocycles. The number of aromatic nitrogens is 2. The van der Waals surface area contributed by atoms with E-state index in [4.69, 9.17) is 16.6 Å². The molecule has 7 heteroatoms. The Morgan fingerprint density at radius 2 is 1.84 bits per heavy atom. The molecule has 0 fully saturated rings. The van der Waals surface area contributed by atoms with Gasteiger partial charge in [-0.05, 0) is 42.3 Å². The largest absolute Gasteiger partial charge is 0.314 e. The SMILES string of the molecule is Cc1ccc(C=NNC(=O)CSc2nc3ccccc3n2Cc2ccc(Cl)cc2)cc1. The molecule has 0 bridgehead atoms. The first kappa shape index (κ1) is 21.2. The normalized spacial score (nSPS) is 11.3. The number of aryl methyl sites for hydroxylation is 1. The van der Waals surface area contributed by atoms with Gasteiger partial charge in [-0.25, -0.2) is 10.4 Å². The molecule has 0 spiro atoms. The summed E-state index contributed by atoms with van der Waals surface area (Å²) >= 11 is 7.40. The maximum Gasteiger partial charge on any atom is 0.250 e. The maximum atomic E-state index is 12.3. The monoisotopic (exact) mass is 448 g/mol. The number of rotatable bonds is 7. The fraction of sp³-hybridized carbons (Fsp3) is 0.125. The number of hydrogen-bond donors (Lipinski definition) is 1. The molecule has 4 rings (SSSR count). The molecular formula is C24H21ClN4OS. The van der Waals surface area contributed by atoms with Crippen molar-refractivity contribution in [2.45, 2.75) is 18.6 Å². The second kappa shape index (κ2) is 9.81. The lowest BCUT2D eigenvalue weighted by molar-refractivity contribution is -0.118. The van der Waals surface area contributed by atoms with Crippen LogP contribution in [-0.4, -0.2) is 27.4 Å². The summed E-state index contributed by atoms with van der Waals surface area (Å²) in [5.41, 5.74) is 7.73. The van der Waals surface area contributed by atoms with Crippen LogP contribution in [0.4, 0.5) is 0 Å². The second-order valence-electron chi connectivity index (χ2n) is 7.09. The lowest BCUT2D eigenvalue weighted by Gasteiger charge is -2.09. The Bertz CT molecular complexity index is 1220. The third-order valence-corrected chi connectivity index (χ3v) is 5.91. The molecule has 156 valence electrons. The van der Waals surface area contributed by atoms with Gasteiger partial charge in [-0.3, -0.25) is 4.79 Å². The zero-order valence-corrected chi connectivity index (χ0v) is 18.5. The molecule has 0 saturated heterocycles. The van der Waals surface area contributed by atoms with Crippen LogP contribution in [-0.2, 0) is 11.3 Å². The average Bonchev–Trinajstić information content (AvgIpc) is 3.12. The van der Waals surface area contributed by atoms with E-state index in [0.717, 1.165) is 27.3 Å². The highest BCUT2D eigenvalue weighted by molar-refractivity contribution is 7.99. The smallest absolute Gasteiger partial charge is 0.250 e. The second-order valence-corrected chi connectivity index (χ2v) is 8.47. The van der Waals surface area contributed by atoms with Gasteiger partial charge in [-0.2, -0.15) is 5.10 Å². The van der Waals surface area contributed by atoms with Crippen molar-refractivity contribution in [2.75, 3.05) is 5.75 Å². The van der Waals surface area contributed by atoms with Gasteiger partial charge in [0.25, 0.3) is 5.91 Å². The first-order valence-corrected chi connectivity index (χ1v) is 11.2. The lowest BCUT2D eigenvalue weighted by atomic mass is 10.2. The molecule has 0 saturated carbocycles. The summed E-state index contributed by atoms with van der Waals surface area (Å²) in [6.45, 7) is 2.67. The van der Waals surface area contributed by atoms with E-state index in [0.29, 0.717) is 11.6 Å². The van der Waals surface area contributed by atoms with E-state index in [1.807, 2.05) is 79.7 Å². The standard InChI is InChI=1S/C24H21ClN4OS/c1-17-6-8-18(9-7-17)14-26-28-23(30)16-31-24-27-21-4-2-3-5-22(21)29(24)15-19-10-12-20(25)13-11-19/h2-14H,15-16H2,1H3,(H,28,30).